The lowest BCUT2D eigenvalue weighted by atomic mass is 10.4. The molecule has 1 heteroatoms. The first-order valence-electron chi connectivity index (χ1n) is 4.98. The smallest absolute Gasteiger partial charge is 0.122 e. The van der Waals surface area contributed by atoms with Gasteiger partial charge in [-0.25, -0.2) is 0 Å². The van der Waals surface area contributed by atoms with Gasteiger partial charge in [0.25, 0.3) is 0 Å². The summed E-state index contributed by atoms with van der Waals surface area (Å²) in [5, 5.41) is 0.293. The number of fused-ring (bicyclic) bond motifs is 1. The average molecular weight is 89.2 g/mol. The molecule has 1 N–H and O–H groups in total. The molecule has 0 bridgehead atoms. The maximum atomic E-state index is 7.57. The standard InChI is InChI=1S/C5H9N/c1-4-2-6-3-5(1)4/h4-6H,1-3H2/i2D2,3D2,4D/hD. The molecule has 1 aliphatic carbocycles. The largest absolute Gasteiger partial charge is 0.316 e. The van der Waals surface area contributed by atoms with E-state index in [1.807, 2.05) is 0 Å². The molecule has 0 radical (unpaired) electrons. The molecule has 0 aromatic rings. The van der Waals surface area contributed by atoms with Crippen molar-refractivity contribution in [2.75, 3.05) is 13.0 Å². The normalized spacial score (nSPS) is 99.0. The Labute approximate surface area is 46.2 Å². The van der Waals surface area contributed by atoms with Crippen molar-refractivity contribution in [2.45, 2.75) is 6.42 Å². The van der Waals surface area contributed by atoms with Gasteiger partial charge in [-0.1, -0.05) is 0 Å². The quantitative estimate of drug-likeness (QED) is 0.448. The van der Waals surface area contributed by atoms with E-state index in [0.29, 0.717) is 5.31 Å². The topological polar surface area (TPSA) is 12.0 Å². The van der Waals surface area contributed by atoms with Gasteiger partial charge in [-0.15, -0.1) is 0 Å². The van der Waals surface area contributed by atoms with Crippen LogP contribution in [0.2, 0.25) is 1.41 Å². The van der Waals surface area contributed by atoms with E-state index in [1.54, 1.807) is 0 Å². The predicted molar refractivity (Wildman–Crippen MR) is 24.5 cm³/mol. The molecule has 1 saturated carbocycles. The molecule has 1 aliphatic heterocycles. The van der Waals surface area contributed by atoms with Gasteiger partial charge in [-0.05, 0) is 31.2 Å². The fourth-order valence-electron chi connectivity index (χ4n) is 0.590. The number of hydrogen-bond acceptors (Lipinski definition) is 1. The second kappa shape index (κ2) is 0.784. The van der Waals surface area contributed by atoms with Gasteiger partial charge in [0, 0.05) is 6.85 Å². The molecule has 2 atom stereocenters. The van der Waals surface area contributed by atoms with Crippen LogP contribution in [0.25, 0.3) is 0 Å². The van der Waals surface area contributed by atoms with E-state index in [2.05, 4.69) is 0 Å². The zero-order valence-corrected chi connectivity index (χ0v) is 3.23. The van der Waals surface area contributed by atoms with Gasteiger partial charge in [-0.3, -0.25) is 0 Å². The Morgan fingerprint density at radius 1 is 2.00 bits per heavy atom. The maximum absolute atomic E-state index is 7.57. The van der Waals surface area contributed by atoms with E-state index >= 15 is 0 Å². The highest BCUT2D eigenvalue weighted by atomic mass is 14.9. The first-order chi connectivity index (χ1) is 5.24. The number of nitrogens with one attached hydrogen (secondary N) is 1. The summed E-state index contributed by atoms with van der Waals surface area (Å²) < 4.78 is 44.2. The van der Waals surface area contributed by atoms with Crippen molar-refractivity contribution in [1.82, 2.24) is 5.31 Å². The molecule has 2 fully saturated rings. The predicted octanol–water partition coefficient (Wildman–Crippen LogP) is 0.226. The molecule has 0 aromatic carbocycles. The molecule has 0 aromatic heterocycles. The molecule has 1 saturated heterocycles. The summed E-state index contributed by atoms with van der Waals surface area (Å²) >= 11 is 0. The third-order valence-electron chi connectivity index (χ3n) is 1.10. The van der Waals surface area contributed by atoms with Crippen molar-refractivity contribution in [3.8, 4) is 0 Å². The molecule has 34 valence electrons. The van der Waals surface area contributed by atoms with Crippen molar-refractivity contribution in [2.24, 2.45) is 11.8 Å². The molecule has 2 aliphatic rings. The van der Waals surface area contributed by atoms with E-state index in [9.17, 15) is 0 Å². The van der Waals surface area contributed by atoms with Gasteiger partial charge in [0.2, 0.25) is 0 Å². The van der Waals surface area contributed by atoms with Gasteiger partial charge in [0.15, 0.2) is 0 Å². The summed E-state index contributed by atoms with van der Waals surface area (Å²) in [5.41, 5.74) is 0. The van der Waals surface area contributed by atoms with Crippen molar-refractivity contribution in [1.29, 1.82) is 0 Å². The summed E-state index contributed by atoms with van der Waals surface area (Å²) in [5.74, 6) is -2.03. The van der Waals surface area contributed by atoms with E-state index in [4.69, 9.17) is 8.27 Å². The molecule has 1 nitrogen and oxygen atoms in total. The highest BCUT2D eigenvalue weighted by Gasteiger charge is 2.40. The summed E-state index contributed by atoms with van der Waals surface area (Å²) in [6, 6.07) is 0. The summed E-state index contributed by atoms with van der Waals surface area (Å²) in [6.07, 6.45) is 0.225. The van der Waals surface area contributed by atoms with Gasteiger partial charge in [-0.2, -0.15) is 0 Å². The Balaban J connectivity index is 2.43. The summed E-state index contributed by atoms with van der Waals surface area (Å²) in [6.45, 7) is -4.13. The van der Waals surface area contributed by atoms with Crippen LogP contribution in [0.4, 0.5) is 0 Å². The molecule has 2 unspecified atom stereocenters. The Kier molecular flexibility index (Phi) is 0.114. The Bertz CT molecular complexity index is 235. The second-order valence-electron chi connectivity index (χ2n) is 1.63. The van der Waals surface area contributed by atoms with Crippen molar-refractivity contribution in [3.63, 3.8) is 0 Å². The molecule has 0 spiro atoms. The molecule has 1 heterocycles. The van der Waals surface area contributed by atoms with E-state index in [0.717, 1.165) is 0 Å². The minimum absolute atomic E-state index is 0.225. The highest BCUT2D eigenvalue weighted by Crippen LogP contribution is 2.40. The van der Waals surface area contributed by atoms with Crippen LogP contribution in [0.5, 0.6) is 0 Å². The van der Waals surface area contributed by atoms with Crippen LogP contribution in [0, 0.1) is 11.8 Å². The minimum Gasteiger partial charge on any atom is -0.316 e. The molecular formula is C5H9N. The van der Waals surface area contributed by atoms with E-state index in [-0.39, 0.29) is 6.42 Å². The van der Waals surface area contributed by atoms with Crippen molar-refractivity contribution < 1.29 is 8.27 Å². The minimum atomic E-state index is -2.15. The van der Waals surface area contributed by atoms with Crippen LogP contribution >= 0.6 is 0 Å². The Morgan fingerprint density at radius 2 is 3.00 bits per heavy atom. The van der Waals surface area contributed by atoms with E-state index < -0.39 is 24.8 Å². The van der Waals surface area contributed by atoms with Gasteiger partial charge in [0.05, 0.1) is 0 Å². The lowest BCUT2D eigenvalue weighted by molar-refractivity contribution is 0.732. The van der Waals surface area contributed by atoms with Crippen LogP contribution in [0.3, 0.4) is 0 Å². The summed E-state index contributed by atoms with van der Waals surface area (Å²) in [4.78, 5) is 0. The zero-order chi connectivity index (χ0) is 9.36. The van der Waals surface area contributed by atoms with Crippen LogP contribution < -0.4 is 5.31 Å². The first-order valence-corrected chi connectivity index (χ1v) is 2.04. The molecule has 2 rings (SSSR count). The SMILES string of the molecule is [2H]N1C([2H])([2H])C2CC2([2H])C1([2H])[2H]. The third kappa shape index (κ3) is 0.243. The second-order valence-corrected chi connectivity index (χ2v) is 1.63. The molecule has 6 heavy (non-hydrogen) atoms. The number of piperidine rings is 1. The maximum Gasteiger partial charge on any atom is 0.122 e. The first kappa shape index (κ1) is 0.873. The van der Waals surface area contributed by atoms with Crippen molar-refractivity contribution in [3.05, 3.63) is 0 Å². The number of rotatable bonds is 0. The van der Waals surface area contributed by atoms with Crippen molar-refractivity contribution >= 4 is 0 Å². The van der Waals surface area contributed by atoms with Gasteiger partial charge >= 0.3 is 0 Å². The zero-order valence-electron chi connectivity index (χ0n) is 9.23. The monoisotopic (exact) mass is 89.1 g/mol. The highest BCUT2D eigenvalue weighted by molar-refractivity contribution is 4.94. The van der Waals surface area contributed by atoms with E-state index in [1.165, 1.54) is 0 Å². The molecular weight excluding hydrogens is 74.1 g/mol. The third-order valence-corrected chi connectivity index (χ3v) is 1.10. The fraction of sp³-hybridized carbons (Fsp3) is 1.00. The Hall–Kier alpha value is -0.0400. The van der Waals surface area contributed by atoms with Gasteiger partial charge in [0.1, 0.15) is 1.41 Å². The molecule has 0 amide bonds. The van der Waals surface area contributed by atoms with Crippen LogP contribution in [0.1, 0.15) is 13.3 Å². The Morgan fingerprint density at radius 3 is 3.33 bits per heavy atom. The van der Waals surface area contributed by atoms with Crippen LogP contribution in [0.15, 0.2) is 0 Å². The summed E-state index contributed by atoms with van der Waals surface area (Å²) in [7, 11) is 0. The average Bonchev–Trinajstić information content (AvgIpc) is 2.59. The fourth-order valence-corrected chi connectivity index (χ4v) is 0.590. The van der Waals surface area contributed by atoms with Gasteiger partial charge < -0.3 is 5.31 Å². The van der Waals surface area contributed by atoms with Crippen LogP contribution in [-0.4, -0.2) is 13.0 Å². The lowest BCUT2D eigenvalue weighted by Crippen LogP contribution is -2.10. The van der Waals surface area contributed by atoms with Crippen LogP contribution in [-0.2, 0) is 0 Å². The number of hydrogen-bond donors (Lipinski definition) is 1. The lowest BCUT2D eigenvalue weighted by Gasteiger charge is -1.87.